The van der Waals surface area contributed by atoms with Gasteiger partial charge in [-0.05, 0) is 35.1 Å². The second kappa shape index (κ2) is 8.38. The Morgan fingerprint density at radius 1 is 1.06 bits per heavy atom. The van der Waals surface area contributed by atoms with Crippen LogP contribution in [0.4, 0.5) is 10.7 Å². The fourth-order valence-corrected chi connectivity index (χ4v) is 4.17. The molecule has 0 atom stereocenters. The number of carboxylic acid groups (broad SMARTS) is 1. The number of rotatable bonds is 7. The Bertz CT molecular complexity index is 1190. The molecule has 2 aromatic carbocycles. The Morgan fingerprint density at radius 2 is 1.70 bits per heavy atom. The molecule has 1 heterocycles. The summed E-state index contributed by atoms with van der Waals surface area (Å²) in [5.74, 6) is -2.03. The minimum atomic E-state index is -1.10. The monoisotopic (exact) mass is 447 g/mol. The number of amides is 2. The minimum absolute atomic E-state index is 0.0875. The highest BCUT2D eigenvalue weighted by molar-refractivity contribution is 5.93. The van der Waals surface area contributed by atoms with E-state index in [0.717, 1.165) is 35.1 Å². The Labute approximate surface area is 188 Å². The second-order valence-corrected chi connectivity index (χ2v) is 8.02. The molecule has 3 aromatic rings. The number of aromatic amines is 1. The number of nitrogens with one attached hydrogen (secondary N) is 2. The lowest BCUT2D eigenvalue weighted by molar-refractivity contribution is -0.137. The van der Waals surface area contributed by atoms with Gasteiger partial charge in [0.15, 0.2) is 0 Å². The van der Waals surface area contributed by atoms with Gasteiger partial charge >= 0.3 is 12.1 Å². The van der Waals surface area contributed by atoms with Crippen LogP contribution in [0.1, 0.15) is 40.5 Å². The van der Waals surface area contributed by atoms with Crippen molar-refractivity contribution in [2.45, 2.75) is 24.8 Å². The van der Waals surface area contributed by atoms with E-state index in [-0.39, 0.29) is 30.3 Å². The summed E-state index contributed by atoms with van der Waals surface area (Å²) in [5.41, 5.74) is 4.44. The van der Waals surface area contributed by atoms with Crippen molar-refractivity contribution in [1.82, 2.24) is 20.1 Å². The smallest absolute Gasteiger partial charge is 0.414 e. The average molecular weight is 447 g/mol. The first-order chi connectivity index (χ1) is 16.0. The fourth-order valence-electron chi connectivity index (χ4n) is 4.17. The first-order valence-electron chi connectivity index (χ1n) is 10.6. The lowest BCUT2D eigenvalue weighted by atomic mass is 9.98. The molecule has 0 bridgehead atoms. The van der Waals surface area contributed by atoms with E-state index in [0.29, 0.717) is 0 Å². The number of carbonyl (C=O) groups is 3. The minimum Gasteiger partial charge on any atom is -0.480 e. The molecule has 10 heteroatoms. The van der Waals surface area contributed by atoms with Crippen molar-refractivity contribution in [3.05, 3.63) is 65.5 Å². The summed E-state index contributed by atoms with van der Waals surface area (Å²) >= 11 is 0. The number of anilines is 1. The zero-order chi connectivity index (χ0) is 22.9. The molecule has 2 aliphatic rings. The van der Waals surface area contributed by atoms with Crippen molar-refractivity contribution < 1.29 is 24.2 Å². The largest absolute Gasteiger partial charge is 0.480 e. The van der Waals surface area contributed by atoms with Gasteiger partial charge < -0.3 is 14.7 Å². The van der Waals surface area contributed by atoms with Crippen molar-refractivity contribution in [3.63, 3.8) is 0 Å². The van der Waals surface area contributed by atoms with Crippen molar-refractivity contribution in [3.8, 4) is 11.1 Å². The number of fused-ring (bicyclic) bond motifs is 3. The third kappa shape index (κ3) is 4.14. The number of H-pyrrole nitrogens is 1. The van der Waals surface area contributed by atoms with Gasteiger partial charge in [-0.1, -0.05) is 48.5 Å². The molecule has 0 unspecified atom stereocenters. The predicted octanol–water partition coefficient (Wildman–Crippen LogP) is 2.85. The number of aromatic nitrogens is 3. The third-order valence-electron chi connectivity index (χ3n) is 5.80. The number of benzene rings is 2. The molecule has 33 heavy (non-hydrogen) atoms. The van der Waals surface area contributed by atoms with Gasteiger partial charge in [-0.2, -0.15) is 4.98 Å². The number of hydrogen-bond acceptors (Lipinski definition) is 6. The zero-order valence-electron chi connectivity index (χ0n) is 17.5. The summed E-state index contributed by atoms with van der Waals surface area (Å²) in [7, 11) is 0. The molecule has 0 radical (unpaired) electrons. The van der Waals surface area contributed by atoms with E-state index in [1.165, 1.54) is 4.90 Å². The second-order valence-electron chi connectivity index (χ2n) is 8.02. The molecule has 3 N–H and O–H groups in total. The molecule has 0 spiro atoms. The molecule has 2 amide bonds. The SMILES string of the molecule is O=C(O)CN(C(=O)c1nc(NC(=O)OCC2c3ccccc3-c3ccccc32)n[nH]1)C1CC1. The third-order valence-corrected chi connectivity index (χ3v) is 5.80. The molecule has 5 rings (SSSR count). The van der Waals surface area contributed by atoms with Gasteiger partial charge in [0.25, 0.3) is 11.9 Å². The van der Waals surface area contributed by atoms with Crippen LogP contribution in [0.25, 0.3) is 11.1 Å². The normalized spacial score (nSPS) is 14.3. The molecule has 1 fully saturated rings. The maximum absolute atomic E-state index is 12.6. The Kier molecular flexibility index (Phi) is 5.25. The molecule has 2 aliphatic carbocycles. The number of carboxylic acids is 1. The number of nitrogens with zero attached hydrogens (tertiary/aromatic N) is 3. The summed E-state index contributed by atoms with van der Waals surface area (Å²) in [6.45, 7) is -0.288. The molecule has 0 aliphatic heterocycles. The molecule has 0 saturated heterocycles. The lowest BCUT2D eigenvalue weighted by Crippen LogP contribution is -2.38. The molecular weight excluding hydrogens is 426 g/mol. The molecule has 10 nitrogen and oxygen atoms in total. The van der Waals surface area contributed by atoms with Crippen LogP contribution in [0.5, 0.6) is 0 Å². The molecular formula is C23H21N5O5. The number of aliphatic carboxylic acids is 1. The van der Waals surface area contributed by atoms with Crippen molar-refractivity contribution in [1.29, 1.82) is 0 Å². The van der Waals surface area contributed by atoms with Crippen LogP contribution in [-0.4, -0.2) is 62.4 Å². The molecule has 168 valence electrons. The highest BCUT2D eigenvalue weighted by atomic mass is 16.5. The quantitative estimate of drug-likeness (QED) is 0.506. The summed E-state index contributed by atoms with van der Waals surface area (Å²) in [4.78, 5) is 41.2. The van der Waals surface area contributed by atoms with Gasteiger partial charge in [-0.25, -0.2) is 4.79 Å². The van der Waals surface area contributed by atoms with E-state index >= 15 is 0 Å². The van der Waals surface area contributed by atoms with E-state index < -0.39 is 24.5 Å². The lowest BCUT2D eigenvalue weighted by Gasteiger charge is -2.18. The van der Waals surface area contributed by atoms with E-state index in [9.17, 15) is 14.4 Å². The van der Waals surface area contributed by atoms with Crippen LogP contribution < -0.4 is 5.32 Å². The molecule has 1 saturated carbocycles. The Balaban J connectivity index is 1.23. The van der Waals surface area contributed by atoms with E-state index in [1.807, 2.05) is 36.4 Å². The Morgan fingerprint density at radius 3 is 2.30 bits per heavy atom. The van der Waals surface area contributed by atoms with Crippen LogP contribution >= 0.6 is 0 Å². The van der Waals surface area contributed by atoms with Crippen molar-refractivity contribution in [2.24, 2.45) is 0 Å². The van der Waals surface area contributed by atoms with Crippen LogP contribution in [0.15, 0.2) is 48.5 Å². The first kappa shape index (κ1) is 20.7. The van der Waals surface area contributed by atoms with E-state index in [2.05, 4.69) is 32.6 Å². The summed E-state index contributed by atoms with van der Waals surface area (Å²) < 4.78 is 5.44. The number of carbonyl (C=O) groups excluding carboxylic acids is 2. The summed E-state index contributed by atoms with van der Waals surface area (Å²) in [6, 6.07) is 15.9. The Hall–Kier alpha value is -4.21. The fraction of sp³-hybridized carbons (Fsp3) is 0.261. The predicted molar refractivity (Wildman–Crippen MR) is 117 cm³/mol. The number of hydrogen-bond donors (Lipinski definition) is 3. The van der Waals surface area contributed by atoms with E-state index in [1.54, 1.807) is 0 Å². The van der Waals surface area contributed by atoms with Gasteiger partial charge in [-0.15, -0.1) is 5.10 Å². The van der Waals surface area contributed by atoms with Crippen molar-refractivity contribution in [2.75, 3.05) is 18.5 Å². The van der Waals surface area contributed by atoms with Crippen molar-refractivity contribution >= 4 is 23.9 Å². The van der Waals surface area contributed by atoms with E-state index in [4.69, 9.17) is 9.84 Å². The first-order valence-corrected chi connectivity index (χ1v) is 10.6. The summed E-state index contributed by atoms with van der Waals surface area (Å²) in [5, 5.41) is 17.7. The van der Waals surface area contributed by atoms with Gasteiger partial charge in [0, 0.05) is 12.0 Å². The standard InChI is InChI=1S/C23H21N5O5/c29-19(30)11-28(13-9-10-13)21(31)20-24-22(27-26-20)25-23(32)33-12-18-16-7-3-1-5-14(16)15-6-2-4-8-17(15)18/h1-8,13,18H,9-12H2,(H,29,30)(H2,24,25,26,27,32). The van der Waals surface area contributed by atoms with Gasteiger partial charge in [-0.3, -0.25) is 20.0 Å². The topological polar surface area (TPSA) is 138 Å². The summed E-state index contributed by atoms with van der Waals surface area (Å²) in [6.07, 6.45) is 0.746. The van der Waals surface area contributed by atoms with Crippen LogP contribution in [-0.2, 0) is 9.53 Å². The van der Waals surface area contributed by atoms with Gasteiger partial charge in [0.1, 0.15) is 13.2 Å². The highest BCUT2D eigenvalue weighted by Crippen LogP contribution is 2.44. The van der Waals surface area contributed by atoms with Crippen LogP contribution in [0, 0.1) is 0 Å². The van der Waals surface area contributed by atoms with Gasteiger partial charge in [0.2, 0.25) is 5.82 Å². The number of ether oxygens (including phenoxy) is 1. The zero-order valence-corrected chi connectivity index (χ0v) is 17.5. The maximum atomic E-state index is 12.6. The maximum Gasteiger partial charge on any atom is 0.414 e. The molecule has 1 aromatic heterocycles. The van der Waals surface area contributed by atoms with Gasteiger partial charge in [0.05, 0.1) is 0 Å². The van der Waals surface area contributed by atoms with Crippen LogP contribution in [0.3, 0.4) is 0 Å². The van der Waals surface area contributed by atoms with Crippen LogP contribution in [0.2, 0.25) is 0 Å². The highest BCUT2D eigenvalue weighted by Gasteiger charge is 2.36. The average Bonchev–Trinajstić information content (AvgIpc) is 3.47.